The van der Waals surface area contributed by atoms with Crippen LogP contribution in [0.15, 0.2) is 73.2 Å². The van der Waals surface area contributed by atoms with Crippen LogP contribution < -0.4 is 15.4 Å². The Morgan fingerprint density at radius 1 is 0.955 bits per heavy atom. The van der Waals surface area contributed by atoms with Crippen molar-refractivity contribution in [2.75, 3.05) is 45.6 Å². The van der Waals surface area contributed by atoms with E-state index in [4.69, 9.17) is 4.74 Å². The van der Waals surface area contributed by atoms with Crippen molar-refractivity contribution in [3.8, 4) is 39.4 Å². The van der Waals surface area contributed by atoms with Crippen molar-refractivity contribution in [1.82, 2.24) is 35.4 Å². The zero-order valence-electron chi connectivity index (χ0n) is 24.8. The number of aromatic amines is 2. The van der Waals surface area contributed by atoms with Crippen LogP contribution in [0.2, 0.25) is 0 Å². The van der Waals surface area contributed by atoms with E-state index in [0.717, 1.165) is 100 Å². The molecule has 1 saturated heterocycles. The number of benzene rings is 2. The number of hydrogen-bond donors (Lipinski definition) is 4. The van der Waals surface area contributed by atoms with Crippen LogP contribution in [0.4, 0.5) is 10.1 Å². The maximum atomic E-state index is 14.7. The molecule has 0 aliphatic carbocycles. The van der Waals surface area contributed by atoms with Gasteiger partial charge in [0.05, 0.1) is 17.4 Å². The Morgan fingerprint density at radius 3 is 2.70 bits per heavy atom. The minimum absolute atomic E-state index is 0.204. The summed E-state index contributed by atoms with van der Waals surface area (Å²) in [6.45, 7) is 3.51. The van der Waals surface area contributed by atoms with Crippen LogP contribution in [-0.2, 0) is 0 Å². The Morgan fingerprint density at radius 2 is 1.84 bits per heavy atom. The van der Waals surface area contributed by atoms with Crippen LogP contribution >= 0.6 is 0 Å². The lowest BCUT2D eigenvalue weighted by molar-refractivity contribution is 0.162. The average Bonchev–Trinajstić information content (AvgIpc) is 3.65. The Balaban J connectivity index is 1.21. The van der Waals surface area contributed by atoms with Gasteiger partial charge < -0.3 is 25.3 Å². The number of H-pyrrole nitrogens is 2. The number of fused-ring (bicyclic) bond motifs is 2. The van der Waals surface area contributed by atoms with E-state index in [1.165, 1.54) is 6.07 Å². The highest BCUT2D eigenvalue weighted by Gasteiger charge is 2.17. The van der Waals surface area contributed by atoms with Gasteiger partial charge in [-0.1, -0.05) is 6.07 Å². The molecule has 4 N–H and O–H groups in total. The minimum Gasteiger partial charge on any atom is -0.489 e. The Bertz CT molecular complexity index is 1920. The number of ether oxygens (including phenoxy) is 1. The van der Waals surface area contributed by atoms with Crippen LogP contribution in [0.5, 0.6) is 5.75 Å². The van der Waals surface area contributed by atoms with Gasteiger partial charge in [-0.15, -0.1) is 0 Å². The highest BCUT2D eigenvalue weighted by atomic mass is 19.1. The average molecular weight is 591 g/mol. The molecule has 4 aromatic heterocycles. The molecule has 0 radical (unpaired) electrons. The number of piperidine rings is 1. The molecule has 1 aliphatic rings. The molecule has 1 aliphatic heterocycles. The molecule has 0 saturated carbocycles. The van der Waals surface area contributed by atoms with Crippen molar-refractivity contribution in [2.45, 2.75) is 18.9 Å². The van der Waals surface area contributed by atoms with Crippen molar-refractivity contribution in [2.24, 2.45) is 0 Å². The standard InChI is InChI=1S/C34H35FN8O/c1-43(2)12-11-38-25-14-22(13-24(35)17-25)28-7-10-39-34-29(28)18-32(40-34)33-30-16-21(3-4-31(30)41-42-33)23-15-27(20-37-19-23)44-26-5-8-36-9-6-26/h3-4,7,10,13-20,26,36,38H,5-6,8-9,11-12H2,1-2H3,(H,39,40)(H,41,42). The first-order valence-electron chi connectivity index (χ1n) is 15.0. The van der Waals surface area contributed by atoms with E-state index in [1.54, 1.807) is 18.5 Å². The molecular weight excluding hydrogens is 555 g/mol. The molecule has 44 heavy (non-hydrogen) atoms. The summed E-state index contributed by atoms with van der Waals surface area (Å²) in [5.41, 5.74) is 7.66. The number of likely N-dealkylation sites (N-methyl/N-ethyl adjacent to an activating group) is 1. The predicted octanol–water partition coefficient (Wildman–Crippen LogP) is 6.08. The normalized spacial score (nSPS) is 14.1. The Hall–Kier alpha value is -4.80. The SMILES string of the molecule is CN(C)CCNc1cc(F)cc(-c2ccnc3[nH]c(-c4n[nH]c5ccc(-c6cncc(OC7CCNCC7)c6)cc45)cc23)c1. The number of hydrogen-bond acceptors (Lipinski definition) is 7. The summed E-state index contributed by atoms with van der Waals surface area (Å²) < 4.78 is 21.0. The van der Waals surface area contributed by atoms with Gasteiger partial charge in [0.2, 0.25) is 0 Å². The molecule has 9 nitrogen and oxygen atoms in total. The first kappa shape index (κ1) is 28.0. The third-order valence-corrected chi connectivity index (χ3v) is 8.08. The topological polar surface area (TPSA) is 107 Å². The summed E-state index contributed by atoms with van der Waals surface area (Å²) >= 11 is 0. The van der Waals surface area contributed by atoms with Gasteiger partial charge >= 0.3 is 0 Å². The molecule has 0 amide bonds. The lowest BCUT2D eigenvalue weighted by Gasteiger charge is -2.23. The van der Waals surface area contributed by atoms with E-state index in [9.17, 15) is 4.39 Å². The second-order valence-corrected chi connectivity index (χ2v) is 11.6. The molecule has 0 spiro atoms. The Labute approximate surface area is 254 Å². The minimum atomic E-state index is -0.291. The first-order valence-corrected chi connectivity index (χ1v) is 15.0. The molecule has 6 aromatic rings. The van der Waals surface area contributed by atoms with E-state index in [1.807, 2.05) is 44.6 Å². The maximum absolute atomic E-state index is 14.7. The monoisotopic (exact) mass is 590 g/mol. The Kier molecular flexibility index (Phi) is 7.68. The highest BCUT2D eigenvalue weighted by molar-refractivity contribution is 6.00. The van der Waals surface area contributed by atoms with Crippen molar-refractivity contribution < 1.29 is 9.13 Å². The molecule has 10 heteroatoms. The quantitative estimate of drug-likeness (QED) is 0.162. The predicted molar refractivity (Wildman–Crippen MR) is 173 cm³/mol. The summed E-state index contributed by atoms with van der Waals surface area (Å²) in [5.74, 6) is 0.491. The van der Waals surface area contributed by atoms with Gasteiger partial charge in [-0.05, 0) is 105 Å². The zero-order valence-corrected chi connectivity index (χ0v) is 24.8. The fourth-order valence-corrected chi connectivity index (χ4v) is 5.82. The number of nitrogens with zero attached hydrogens (tertiary/aromatic N) is 4. The lowest BCUT2D eigenvalue weighted by Crippen LogP contribution is -2.34. The van der Waals surface area contributed by atoms with Crippen LogP contribution in [0.3, 0.4) is 0 Å². The van der Waals surface area contributed by atoms with Gasteiger partial charge in [-0.2, -0.15) is 5.10 Å². The molecule has 2 aromatic carbocycles. The molecule has 1 fully saturated rings. The third-order valence-electron chi connectivity index (χ3n) is 8.08. The van der Waals surface area contributed by atoms with E-state index in [2.05, 4.69) is 58.9 Å². The van der Waals surface area contributed by atoms with Crippen LogP contribution in [0.1, 0.15) is 12.8 Å². The van der Waals surface area contributed by atoms with Gasteiger partial charge in [0.1, 0.15) is 29.0 Å². The van der Waals surface area contributed by atoms with Crippen molar-refractivity contribution in [1.29, 1.82) is 0 Å². The summed E-state index contributed by atoms with van der Waals surface area (Å²) in [6, 6.07) is 17.3. The summed E-state index contributed by atoms with van der Waals surface area (Å²) in [5, 5.41) is 16.4. The van der Waals surface area contributed by atoms with Gasteiger partial charge in [-0.3, -0.25) is 10.1 Å². The second-order valence-electron chi connectivity index (χ2n) is 11.6. The van der Waals surface area contributed by atoms with E-state index in [0.29, 0.717) is 5.65 Å². The van der Waals surface area contributed by atoms with Gasteiger partial charge in [0, 0.05) is 47.5 Å². The smallest absolute Gasteiger partial charge is 0.138 e. The maximum Gasteiger partial charge on any atom is 0.138 e. The highest BCUT2D eigenvalue weighted by Crippen LogP contribution is 2.36. The second kappa shape index (κ2) is 12.1. The number of anilines is 1. The molecule has 224 valence electrons. The molecule has 7 rings (SSSR count). The number of nitrogens with one attached hydrogen (secondary N) is 4. The van der Waals surface area contributed by atoms with Gasteiger partial charge in [0.25, 0.3) is 0 Å². The lowest BCUT2D eigenvalue weighted by atomic mass is 10.0. The van der Waals surface area contributed by atoms with Crippen molar-refractivity contribution >= 4 is 27.6 Å². The summed E-state index contributed by atoms with van der Waals surface area (Å²) in [7, 11) is 4.03. The van der Waals surface area contributed by atoms with E-state index in [-0.39, 0.29) is 11.9 Å². The number of aromatic nitrogens is 5. The first-order chi connectivity index (χ1) is 21.5. The molecule has 0 atom stereocenters. The molecule has 0 unspecified atom stereocenters. The van der Waals surface area contributed by atoms with E-state index < -0.39 is 0 Å². The summed E-state index contributed by atoms with van der Waals surface area (Å²) in [4.78, 5) is 14.6. The van der Waals surface area contributed by atoms with Gasteiger partial charge in [-0.25, -0.2) is 9.37 Å². The fraction of sp³-hybridized carbons (Fsp3) is 0.265. The number of rotatable bonds is 9. The van der Waals surface area contributed by atoms with Gasteiger partial charge in [0.15, 0.2) is 0 Å². The molecule has 0 bridgehead atoms. The van der Waals surface area contributed by atoms with Crippen LogP contribution in [-0.4, -0.2) is 76.4 Å². The third kappa shape index (κ3) is 5.86. The van der Waals surface area contributed by atoms with Crippen molar-refractivity contribution in [3.63, 3.8) is 0 Å². The number of pyridine rings is 2. The van der Waals surface area contributed by atoms with Crippen LogP contribution in [0.25, 0.3) is 55.6 Å². The van der Waals surface area contributed by atoms with Crippen molar-refractivity contribution in [3.05, 3.63) is 79.0 Å². The summed E-state index contributed by atoms with van der Waals surface area (Å²) in [6.07, 6.45) is 7.57. The molecule has 5 heterocycles. The van der Waals surface area contributed by atoms with E-state index >= 15 is 0 Å². The number of halogens is 1. The zero-order chi connectivity index (χ0) is 30.0. The van der Waals surface area contributed by atoms with Crippen LogP contribution in [0, 0.1) is 5.82 Å². The largest absolute Gasteiger partial charge is 0.489 e. The molecular formula is C34H35FN8O. The fourth-order valence-electron chi connectivity index (χ4n) is 5.82.